The summed E-state index contributed by atoms with van der Waals surface area (Å²) >= 11 is 0. The van der Waals surface area contributed by atoms with E-state index in [-0.39, 0.29) is 17.4 Å². The van der Waals surface area contributed by atoms with Crippen LogP contribution in [0.4, 0.5) is 8.78 Å². The van der Waals surface area contributed by atoms with Crippen molar-refractivity contribution in [2.75, 3.05) is 0 Å². The summed E-state index contributed by atoms with van der Waals surface area (Å²) < 4.78 is 26.2. The quantitative estimate of drug-likeness (QED) is 0.759. The monoisotopic (exact) mass is 211 g/mol. The van der Waals surface area contributed by atoms with E-state index in [1.165, 1.54) is 12.1 Å². The molecular weight excluding hydrogens is 196 g/mol. The molecule has 2 rings (SSSR count). The second-order valence-electron chi connectivity index (χ2n) is 4.88. The first-order chi connectivity index (χ1) is 6.93. The van der Waals surface area contributed by atoms with Gasteiger partial charge in [-0.1, -0.05) is 19.9 Å². The summed E-state index contributed by atoms with van der Waals surface area (Å²) in [6, 6.07) is 3.88. The topological polar surface area (TPSA) is 26.0 Å². The average Bonchev–Trinajstić information content (AvgIpc) is 2.15. The van der Waals surface area contributed by atoms with Gasteiger partial charge >= 0.3 is 0 Å². The lowest BCUT2D eigenvalue weighted by Crippen LogP contribution is -2.53. The summed E-state index contributed by atoms with van der Waals surface area (Å²) in [7, 11) is 0. The van der Waals surface area contributed by atoms with Gasteiger partial charge in [-0.25, -0.2) is 8.78 Å². The second-order valence-corrected chi connectivity index (χ2v) is 4.88. The third-order valence-corrected chi connectivity index (χ3v) is 3.68. The molecule has 0 heterocycles. The Morgan fingerprint density at radius 2 is 2.00 bits per heavy atom. The van der Waals surface area contributed by atoms with Gasteiger partial charge < -0.3 is 5.73 Å². The molecule has 0 saturated heterocycles. The van der Waals surface area contributed by atoms with Crippen molar-refractivity contribution in [1.82, 2.24) is 0 Å². The first-order valence-electron chi connectivity index (χ1n) is 5.13. The molecule has 82 valence electrons. The van der Waals surface area contributed by atoms with Gasteiger partial charge in [-0.15, -0.1) is 0 Å². The predicted octanol–water partition coefficient (Wildman–Crippen LogP) is 2.81. The standard InChI is InChI=1S/C12H15F2N/c1-12(2)9(6-11(12)15)8-4-3-7(13)5-10(8)14/h3-5,9,11H,6,15H2,1-2H3. The van der Waals surface area contributed by atoms with E-state index in [1.807, 2.05) is 13.8 Å². The third kappa shape index (κ3) is 1.55. The van der Waals surface area contributed by atoms with Crippen LogP contribution in [-0.2, 0) is 0 Å². The Labute approximate surface area is 88.3 Å². The van der Waals surface area contributed by atoms with Crippen LogP contribution in [0.15, 0.2) is 18.2 Å². The van der Waals surface area contributed by atoms with Gasteiger partial charge in [0.1, 0.15) is 11.6 Å². The van der Waals surface area contributed by atoms with Gasteiger partial charge in [-0.2, -0.15) is 0 Å². The van der Waals surface area contributed by atoms with E-state index in [2.05, 4.69) is 0 Å². The smallest absolute Gasteiger partial charge is 0.129 e. The van der Waals surface area contributed by atoms with Gasteiger partial charge in [0.25, 0.3) is 0 Å². The van der Waals surface area contributed by atoms with Gasteiger partial charge in [0.05, 0.1) is 0 Å². The predicted molar refractivity (Wildman–Crippen MR) is 55.5 cm³/mol. The van der Waals surface area contributed by atoms with Crippen molar-refractivity contribution >= 4 is 0 Å². The molecule has 1 saturated carbocycles. The zero-order valence-corrected chi connectivity index (χ0v) is 8.93. The molecular formula is C12H15F2N. The molecule has 2 unspecified atom stereocenters. The van der Waals surface area contributed by atoms with Crippen molar-refractivity contribution in [2.45, 2.75) is 32.2 Å². The number of rotatable bonds is 1. The summed E-state index contributed by atoms with van der Waals surface area (Å²) in [6.45, 7) is 4.04. The van der Waals surface area contributed by atoms with Crippen LogP contribution in [0.25, 0.3) is 0 Å². The minimum Gasteiger partial charge on any atom is -0.327 e. The highest BCUT2D eigenvalue weighted by Crippen LogP contribution is 2.51. The highest BCUT2D eigenvalue weighted by molar-refractivity contribution is 5.29. The fourth-order valence-electron chi connectivity index (χ4n) is 2.27. The molecule has 1 nitrogen and oxygen atoms in total. The van der Waals surface area contributed by atoms with E-state index in [9.17, 15) is 8.78 Å². The number of benzene rings is 1. The summed E-state index contributed by atoms with van der Waals surface area (Å²) in [5, 5.41) is 0. The Bertz CT molecular complexity index is 387. The van der Waals surface area contributed by atoms with Crippen molar-refractivity contribution < 1.29 is 8.78 Å². The molecule has 1 aromatic carbocycles. The van der Waals surface area contributed by atoms with Gasteiger partial charge in [0.15, 0.2) is 0 Å². The first-order valence-corrected chi connectivity index (χ1v) is 5.13. The zero-order valence-electron chi connectivity index (χ0n) is 8.93. The van der Waals surface area contributed by atoms with Crippen molar-refractivity contribution in [3.8, 4) is 0 Å². The van der Waals surface area contributed by atoms with Crippen LogP contribution in [0.1, 0.15) is 31.7 Å². The Morgan fingerprint density at radius 3 is 2.47 bits per heavy atom. The number of hydrogen-bond donors (Lipinski definition) is 1. The number of nitrogens with two attached hydrogens (primary N) is 1. The normalized spacial score (nSPS) is 28.6. The third-order valence-electron chi connectivity index (χ3n) is 3.68. The van der Waals surface area contributed by atoms with Gasteiger partial charge in [-0.05, 0) is 29.4 Å². The SMILES string of the molecule is CC1(C)C(N)CC1c1ccc(F)cc1F. The minimum absolute atomic E-state index is 0.0985. The molecule has 0 spiro atoms. The highest BCUT2D eigenvalue weighted by atomic mass is 19.1. The van der Waals surface area contributed by atoms with E-state index in [0.29, 0.717) is 5.56 Å². The molecule has 0 radical (unpaired) electrons. The summed E-state index contributed by atoms with van der Waals surface area (Å²) in [6.07, 6.45) is 0.773. The lowest BCUT2D eigenvalue weighted by Gasteiger charge is -2.50. The Kier molecular flexibility index (Phi) is 2.30. The first kappa shape index (κ1) is 10.6. The Balaban J connectivity index is 2.32. The molecule has 0 aliphatic heterocycles. The molecule has 15 heavy (non-hydrogen) atoms. The lowest BCUT2D eigenvalue weighted by atomic mass is 9.56. The maximum Gasteiger partial charge on any atom is 0.129 e. The van der Waals surface area contributed by atoms with Crippen molar-refractivity contribution in [3.05, 3.63) is 35.4 Å². The molecule has 2 N–H and O–H groups in total. The lowest BCUT2D eigenvalue weighted by molar-refractivity contribution is 0.0956. The zero-order chi connectivity index (χ0) is 11.2. The molecule has 0 amide bonds. The molecule has 1 aromatic rings. The van der Waals surface area contributed by atoms with Crippen LogP contribution in [-0.4, -0.2) is 6.04 Å². The van der Waals surface area contributed by atoms with Crippen LogP contribution < -0.4 is 5.73 Å². The molecule has 0 aromatic heterocycles. The van der Waals surface area contributed by atoms with Crippen LogP contribution in [0, 0.1) is 17.0 Å². The van der Waals surface area contributed by atoms with Crippen LogP contribution in [0.2, 0.25) is 0 Å². The molecule has 1 aliphatic carbocycles. The van der Waals surface area contributed by atoms with Crippen molar-refractivity contribution in [3.63, 3.8) is 0 Å². The van der Waals surface area contributed by atoms with Gasteiger partial charge in [-0.3, -0.25) is 0 Å². The Hall–Kier alpha value is -0.960. The molecule has 2 atom stereocenters. The largest absolute Gasteiger partial charge is 0.327 e. The summed E-state index contributed by atoms with van der Waals surface area (Å²) in [5.41, 5.74) is 6.36. The fourth-order valence-corrected chi connectivity index (χ4v) is 2.27. The number of hydrogen-bond acceptors (Lipinski definition) is 1. The molecule has 1 fully saturated rings. The maximum atomic E-state index is 13.5. The maximum absolute atomic E-state index is 13.5. The average molecular weight is 211 g/mol. The van der Waals surface area contributed by atoms with Crippen LogP contribution in [0.5, 0.6) is 0 Å². The van der Waals surface area contributed by atoms with E-state index in [4.69, 9.17) is 5.73 Å². The van der Waals surface area contributed by atoms with E-state index < -0.39 is 11.6 Å². The van der Waals surface area contributed by atoms with Crippen molar-refractivity contribution in [1.29, 1.82) is 0 Å². The van der Waals surface area contributed by atoms with E-state index in [1.54, 1.807) is 0 Å². The fraction of sp³-hybridized carbons (Fsp3) is 0.500. The molecule has 1 aliphatic rings. The van der Waals surface area contributed by atoms with Gasteiger partial charge in [0, 0.05) is 12.1 Å². The summed E-state index contributed by atoms with van der Waals surface area (Å²) in [5.74, 6) is -0.884. The minimum atomic E-state index is -0.530. The highest BCUT2D eigenvalue weighted by Gasteiger charge is 2.47. The van der Waals surface area contributed by atoms with E-state index >= 15 is 0 Å². The van der Waals surface area contributed by atoms with E-state index in [0.717, 1.165) is 12.5 Å². The summed E-state index contributed by atoms with van der Waals surface area (Å²) in [4.78, 5) is 0. The Morgan fingerprint density at radius 1 is 1.33 bits per heavy atom. The van der Waals surface area contributed by atoms with Crippen molar-refractivity contribution in [2.24, 2.45) is 11.1 Å². The van der Waals surface area contributed by atoms with Gasteiger partial charge in [0.2, 0.25) is 0 Å². The second kappa shape index (κ2) is 3.27. The van der Waals surface area contributed by atoms with Crippen LogP contribution >= 0.6 is 0 Å². The molecule has 3 heteroatoms. The molecule has 0 bridgehead atoms. The van der Waals surface area contributed by atoms with Crippen LogP contribution in [0.3, 0.4) is 0 Å². The number of halogens is 2.